The van der Waals surface area contributed by atoms with E-state index >= 15 is 0 Å². The molecule has 1 fully saturated rings. The molecule has 3 nitrogen and oxygen atoms in total. The highest BCUT2D eigenvalue weighted by Gasteiger charge is 2.22. The topological polar surface area (TPSA) is 45.2 Å². The molecule has 118 valence electrons. The van der Waals surface area contributed by atoms with Crippen LogP contribution in [0.5, 0.6) is 0 Å². The van der Waals surface area contributed by atoms with Crippen LogP contribution in [-0.2, 0) is 13.0 Å². The van der Waals surface area contributed by atoms with Gasteiger partial charge in [0.15, 0.2) is 0 Å². The predicted octanol–water partition coefficient (Wildman–Crippen LogP) is 3.49. The average molecular weight is 316 g/mol. The lowest BCUT2D eigenvalue weighted by molar-refractivity contribution is 0.134. The maximum absolute atomic E-state index is 10.3. The van der Waals surface area contributed by atoms with Gasteiger partial charge in [-0.05, 0) is 31.7 Å². The van der Waals surface area contributed by atoms with Crippen LogP contribution in [0.2, 0.25) is 0 Å². The monoisotopic (exact) mass is 316 g/mol. The van der Waals surface area contributed by atoms with E-state index in [0.29, 0.717) is 12.3 Å². The Kier molecular flexibility index (Phi) is 5.24. The molecule has 22 heavy (non-hydrogen) atoms. The molecule has 1 saturated carbocycles. The Morgan fingerprint density at radius 1 is 1.32 bits per heavy atom. The van der Waals surface area contributed by atoms with Crippen molar-refractivity contribution in [2.24, 2.45) is 0 Å². The standard InChI is InChI=1S/C18H24N2OS/c1-13(17(21)10-14-6-3-2-4-7-14)19-11-16-12-20-18(22-16)15-8-5-9-15/h2-4,6-7,12-13,15,17,19,21H,5,8-11H2,1H3. The Morgan fingerprint density at radius 2 is 2.09 bits per heavy atom. The molecule has 1 aliphatic rings. The van der Waals surface area contributed by atoms with Gasteiger partial charge in [-0.3, -0.25) is 0 Å². The zero-order valence-electron chi connectivity index (χ0n) is 13.0. The minimum atomic E-state index is -0.374. The van der Waals surface area contributed by atoms with Crippen LogP contribution in [-0.4, -0.2) is 22.2 Å². The number of benzene rings is 1. The number of hydrogen-bond acceptors (Lipinski definition) is 4. The number of aromatic nitrogens is 1. The van der Waals surface area contributed by atoms with E-state index in [1.165, 1.54) is 34.7 Å². The summed E-state index contributed by atoms with van der Waals surface area (Å²) in [6, 6.07) is 10.2. The van der Waals surface area contributed by atoms with Gasteiger partial charge in [0.05, 0.1) is 11.1 Å². The molecule has 0 bridgehead atoms. The normalized spacial score (nSPS) is 17.9. The number of nitrogens with one attached hydrogen (secondary N) is 1. The number of aliphatic hydroxyl groups is 1. The van der Waals surface area contributed by atoms with Crippen LogP contribution in [0.3, 0.4) is 0 Å². The fourth-order valence-corrected chi connectivity index (χ4v) is 3.72. The highest BCUT2D eigenvalue weighted by atomic mass is 32.1. The fourth-order valence-electron chi connectivity index (χ4n) is 2.68. The minimum absolute atomic E-state index is 0.0643. The lowest BCUT2D eigenvalue weighted by Gasteiger charge is -2.22. The zero-order valence-corrected chi connectivity index (χ0v) is 13.9. The van der Waals surface area contributed by atoms with Gasteiger partial charge < -0.3 is 10.4 Å². The van der Waals surface area contributed by atoms with Crippen molar-refractivity contribution in [1.82, 2.24) is 10.3 Å². The van der Waals surface area contributed by atoms with Crippen molar-refractivity contribution < 1.29 is 5.11 Å². The van der Waals surface area contributed by atoms with Crippen molar-refractivity contribution >= 4 is 11.3 Å². The Bertz CT molecular complexity index is 580. The van der Waals surface area contributed by atoms with Gasteiger partial charge in [-0.1, -0.05) is 36.8 Å². The Balaban J connectivity index is 1.46. The molecule has 2 unspecified atom stereocenters. The molecule has 0 radical (unpaired) electrons. The Hall–Kier alpha value is -1.23. The third-order valence-corrected chi connectivity index (χ3v) is 5.65. The van der Waals surface area contributed by atoms with Crippen molar-refractivity contribution in [2.45, 2.75) is 57.2 Å². The van der Waals surface area contributed by atoms with Gasteiger partial charge in [-0.2, -0.15) is 0 Å². The molecular formula is C18H24N2OS. The van der Waals surface area contributed by atoms with Crippen LogP contribution in [0, 0.1) is 0 Å². The van der Waals surface area contributed by atoms with Gasteiger partial charge in [-0.15, -0.1) is 11.3 Å². The van der Waals surface area contributed by atoms with Gasteiger partial charge in [-0.25, -0.2) is 4.98 Å². The van der Waals surface area contributed by atoms with Crippen LogP contribution in [0.4, 0.5) is 0 Å². The maximum atomic E-state index is 10.3. The molecule has 1 aromatic heterocycles. The summed E-state index contributed by atoms with van der Waals surface area (Å²) in [7, 11) is 0. The number of rotatable bonds is 7. The van der Waals surface area contributed by atoms with Crippen LogP contribution in [0.1, 0.15) is 47.6 Å². The third kappa shape index (κ3) is 3.94. The van der Waals surface area contributed by atoms with Gasteiger partial charge in [0.25, 0.3) is 0 Å². The molecule has 2 atom stereocenters. The SMILES string of the molecule is CC(NCc1cnc(C2CCC2)s1)C(O)Cc1ccccc1. The molecule has 4 heteroatoms. The van der Waals surface area contributed by atoms with Crippen LogP contribution in [0.15, 0.2) is 36.5 Å². The van der Waals surface area contributed by atoms with Gasteiger partial charge in [0.1, 0.15) is 0 Å². The second kappa shape index (κ2) is 7.36. The van der Waals surface area contributed by atoms with Crippen LogP contribution >= 0.6 is 11.3 Å². The summed E-state index contributed by atoms with van der Waals surface area (Å²) in [6.45, 7) is 2.83. The second-order valence-corrected chi connectivity index (χ2v) is 7.37. The molecule has 2 N–H and O–H groups in total. The molecule has 3 rings (SSSR count). The highest BCUT2D eigenvalue weighted by Crippen LogP contribution is 2.38. The smallest absolute Gasteiger partial charge is 0.0959 e. The molecule has 0 spiro atoms. The van der Waals surface area contributed by atoms with E-state index < -0.39 is 0 Å². The lowest BCUT2D eigenvalue weighted by atomic mass is 9.86. The number of hydrogen-bond donors (Lipinski definition) is 2. The van der Waals surface area contributed by atoms with E-state index in [1.807, 2.05) is 42.7 Å². The van der Waals surface area contributed by atoms with Crippen molar-refractivity contribution in [2.75, 3.05) is 0 Å². The lowest BCUT2D eigenvalue weighted by Crippen LogP contribution is -2.38. The molecule has 1 aromatic carbocycles. The summed E-state index contributed by atoms with van der Waals surface area (Å²) in [4.78, 5) is 5.81. The number of nitrogens with zero attached hydrogens (tertiary/aromatic N) is 1. The van der Waals surface area contributed by atoms with Crippen molar-refractivity contribution in [3.05, 3.63) is 52.0 Å². The summed E-state index contributed by atoms with van der Waals surface area (Å²) < 4.78 is 0. The summed E-state index contributed by atoms with van der Waals surface area (Å²) in [5.41, 5.74) is 1.17. The summed E-state index contributed by atoms with van der Waals surface area (Å²) in [5.74, 6) is 0.708. The molecule has 0 aliphatic heterocycles. The maximum Gasteiger partial charge on any atom is 0.0959 e. The van der Waals surface area contributed by atoms with Crippen molar-refractivity contribution in [1.29, 1.82) is 0 Å². The van der Waals surface area contributed by atoms with Crippen molar-refractivity contribution in [3.63, 3.8) is 0 Å². The van der Waals surface area contributed by atoms with Crippen LogP contribution in [0.25, 0.3) is 0 Å². The van der Waals surface area contributed by atoms with E-state index in [1.54, 1.807) is 0 Å². The first kappa shape index (κ1) is 15.7. The van der Waals surface area contributed by atoms with E-state index in [4.69, 9.17) is 0 Å². The molecule has 1 heterocycles. The number of thiazole rings is 1. The fraction of sp³-hybridized carbons (Fsp3) is 0.500. The average Bonchev–Trinajstić information content (AvgIpc) is 2.92. The van der Waals surface area contributed by atoms with E-state index in [-0.39, 0.29) is 12.1 Å². The van der Waals surface area contributed by atoms with E-state index in [0.717, 1.165) is 6.54 Å². The quantitative estimate of drug-likeness (QED) is 0.822. The Labute approximate surface area is 136 Å². The second-order valence-electron chi connectivity index (χ2n) is 6.22. The number of aliphatic hydroxyl groups excluding tert-OH is 1. The summed E-state index contributed by atoms with van der Waals surface area (Å²) >= 11 is 1.82. The van der Waals surface area contributed by atoms with Crippen molar-refractivity contribution in [3.8, 4) is 0 Å². The van der Waals surface area contributed by atoms with Crippen LogP contribution < -0.4 is 5.32 Å². The van der Waals surface area contributed by atoms with Gasteiger partial charge in [0.2, 0.25) is 0 Å². The molecular weight excluding hydrogens is 292 g/mol. The molecule has 2 aromatic rings. The molecule has 1 aliphatic carbocycles. The predicted molar refractivity (Wildman–Crippen MR) is 91.2 cm³/mol. The van der Waals surface area contributed by atoms with Gasteiger partial charge >= 0.3 is 0 Å². The summed E-state index contributed by atoms with van der Waals surface area (Å²) in [6.07, 6.45) is 6.24. The molecule has 0 amide bonds. The minimum Gasteiger partial charge on any atom is -0.391 e. The van der Waals surface area contributed by atoms with E-state index in [9.17, 15) is 5.11 Å². The molecule has 0 saturated heterocycles. The largest absolute Gasteiger partial charge is 0.391 e. The third-order valence-electron chi connectivity index (χ3n) is 4.49. The Morgan fingerprint density at radius 3 is 2.77 bits per heavy atom. The first-order chi connectivity index (χ1) is 10.7. The van der Waals surface area contributed by atoms with Gasteiger partial charge in [0, 0.05) is 29.6 Å². The highest BCUT2D eigenvalue weighted by molar-refractivity contribution is 7.11. The zero-order chi connectivity index (χ0) is 15.4. The first-order valence-electron chi connectivity index (χ1n) is 8.12. The first-order valence-corrected chi connectivity index (χ1v) is 8.94. The summed E-state index contributed by atoms with van der Waals surface area (Å²) in [5, 5.41) is 15.0. The van der Waals surface area contributed by atoms with E-state index in [2.05, 4.69) is 22.4 Å².